The summed E-state index contributed by atoms with van der Waals surface area (Å²) in [4.78, 5) is 48.1. The maximum Gasteiger partial charge on any atom is 0.305 e. The van der Waals surface area contributed by atoms with Crippen LogP contribution in [0.3, 0.4) is 0 Å². The fraction of sp³-hybridized carbons (Fsp3) is 0.556. The monoisotopic (exact) mass is 636 g/mol. The predicted octanol–water partition coefficient (Wildman–Crippen LogP) is 6.75. The third kappa shape index (κ3) is 8.73. The number of aliphatic carboxylic acids is 1. The summed E-state index contributed by atoms with van der Waals surface area (Å²) >= 11 is 6.53. The lowest BCUT2D eigenvalue weighted by Gasteiger charge is -2.47. The van der Waals surface area contributed by atoms with Gasteiger partial charge in [0, 0.05) is 55.2 Å². The zero-order valence-corrected chi connectivity index (χ0v) is 28.4. The Bertz CT molecular complexity index is 1410. The van der Waals surface area contributed by atoms with Crippen molar-refractivity contribution < 1.29 is 19.5 Å². The Morgan fingerprint density at radius 1 is 1.09 bits per heavy atom. The molecule has 8 nitrogen and oxygen atoms in total. The molecule has 0 bridgehead atoms. The van der Waals surface area contributed by atoms with E-state index in [2.05, 4.69) is 56.7 Å². The number of nitrogens with one attached hydrogen (secondary N) is 1. The highest BCUT2D eigenvalue weighted by Gasteiger charge is 2.51. The quantitative estimate of drug-likeness (QED) is 0.268. The van der Waals surface area contributed by atoms with E-state index in [1.165, 1.54) is 0 Å². The van der Waals surface area contributed by atoms with E-state index in [1.54, 1.807) is 12.1 Å². The minimum atomic E-state index is -0.961. The normalized spacial score (nSPS) is 17.6. The van der Waals surface area contributed by atoms with E-state index in [0.29, 0.717) is 22.2 Å². The standard InChI is InChI=1S/C36H49ClN4O4/c1-7-25-20-28(22-29(37)21-25)32-34(45)41(36(39-32)15-18-40(19-16-36)23-24(2)3)30(12-14-35(4,5)6)26-8-10-27(11-9-26)33(44)38-17-13-31(42)43/h8-11,20-22,24,30H,7,12-19,23H2,1-6H3,(H,38,44)(H,42,43). The molecule has 2 N–H and O–H groups in total. The van der Waals surface area contributed by atoms with Crippen molar-refractivity contribution in [2.24, 2.45) is 16.3 Å². The number of benzene rings is 2. The lowest BCUT2D eigenvalue weighted by atomic mass is 9.84. The van der Waals surface area contributed by atoms with Gasteiger partial charge in [-0.15, -0.1) is 0 Å². The molecule has 0 aromatic heterocycles. The predicted molar refractivity (Wildman–Crippen MR) is 180 cm³/mol. The number of halogens is 1. The number of nitrogens with zero attached hydrogens (tertiary/aromatic N) is 3. The maximum absolute atomic E-state index is 14.7. The number of hydrogen-bond donors (Lipinski definition) is 2. The molecule has 1 saturated heterocycles. The minimum absolute atomic E-state index is 0.0471. The van der Waals surface area contributed by atoms with Crippen molar-refractivity contribution >= 4 is 35.1 Å². The highest BCUT2D eigenvalue weighted by atomic mass is 35.5. The summed E-state index contributed by atoms with van der Waals surface area (Å²) < 4.78 is 0. The molecule has 2 aromatic rings. The minimum Gasteiger partial charge on any atom is -0.481 e. The first-order valence-corrected chi connectivity index (χ1v) is 16.6. The lowest BCUT2D eigenvalue weighted by Crippen LogP contribution is -2.55. The van der Waals surface area contributed by atoms with E-state index in [0.717, 1.165) is 68.4 Å². The summed E-state index contributed by atoms with van der Waals surface area (Å²) in [6.07, 6.45) is 3.79. The molecule has 2 aliphatic rings. The molecule has 0 saturated carbocycles. The van der Waals surface area contributed by atoms with Gasteiger partial charge in [0.1, 0.15) is 11.4 Å². The SMILES string of the molecule is CCc1cc(Cl)cc(C2=NC3(CCN(CC(C)C)CC3)N(C(CCC(C)(C)C)c3ccc(C(=O)NCCC(=O)O)cc3)C2=O)c1. The van der Waals surface area contributed by atoms with Crippen LogP contribution >= 0.6 is 11.6 Å². The van der Waals surface area contributed by atoms with Crippen molar-refractivity contribution in [3.8, 4) is 0 Å². The van der Waals surface area contributed by atoms with Gasteiger partial charge < -0.3 is 20.2 Å². The first-order chi connectivity index (χ1) is 21.2. The number of carbonyl (C=O) groups is 3. The van der Waals surface area contributed by atoms with E-state index in [1.807, 2.05) is 30.3 Å². The molecule has 2 aromatic carbocycles. The number of amides is 2. The Morgan fingerprint density at radius 2 is 1.76 bits per heavy atom. The highest BCUT2D eigenvalue weighted by Crippen LogP contribution is 2.45. The number of carbonyl (C=O) groups excluding carboxylic acids is 2. The smallest absolute Gasteiger partial charge is 0.305 e. The highest BCUT2D eigenvalue weighted by molar-refractivity contribution is 6.47. The lowest BCUT2D eigenvalue weighted by molar-refractivity contribution is -0.137. The van der Waals surface area contributed by atoms with Crippen LogP contribution in [0.2, 0.25) is 5.02 Å². The van der Waals surface area contributed by atoms with Gasteiger partial charge in [-0.2, -0.15) is 0 Å². The van der Waals surface area contributed by atoms with E-state index in [-0.39, 0.29) is 36.2 Å². The second-order valence-corrected chi connectivity index (χ2v) is 14.6. The Morgan fingerprint density at radius 3 is 2.33 bits per heavy atom. The fourth-order valence-corrected chi connectivity index (χ4v) is 6.70. The molecule has 1 fully saturated rings. The number of carboxylic acid groups (broad SMARTS) is 1. The van der Waals surface area contributed by atoms with Gasteiger partial charge >= 0.3 is 5.97 Å². The van der Waals surface area contributed by atoms with Crippen molar-refractivity contribution in [2.45, 2.75) is 91.8 Å². The topological polar surface area (TPSA) is 102 Å². The second kappa shape index (κ2) is 14.5. The summed E-state index contributed by atoms with van der Waals surface area (Å²) in [5, 5.41) is 12.2. The van der Waals surface area contributed by atoms with Gasteiger partial charge in [-0.05, 0) is 72.1 Å². The van der Waals surface area contributed by atoms with Crippen LogP contribution in [-0.4, -0.2) is 70.2 Å². The Balaban J connectivity index is 1.74. The molecule has 2 amide bonds. The Hall–Kier alpha value is -3.23. The van der Waals surface area contributed by atoms with Gasteiger partial charge in [-0.3, -0.25) is 19.4 Å². The molecule has 2 heterocycles. The van der Waals surface area contributed by atoms with Gasteiger partial charge in [0.15, 0.2) is 0 Å². The molecule has 244 valence electrons. The molecule has 1 spiro atoms. The van der Waals surface area contributed by atoms with Gasteiger partial charge in [-0.25, -0.2) is 0 Å². The van der Waals surface area contributed by atoms with Crippen LogP contribution < -0.4 is 5.32 Å². The number of aryl methyl sites for hydroxylation is 1. The van der Waals surface area contributed by atoms with Gasteiger partial charge in [0.25, 0.3) is 11.8 Å². The number of likely N-dealkylation sites (tertiary alicyclic amines) is 1. The van der Waals surface area contributed by atoms with Crippen LogP contribution in [-0.2, 0) is 16.0 Å². The summed E-state index contributed by atoms with van der Waals surface area (Å²) in [7, 11) is 0. The molecule has 1 atom stereocenters. The van der Waals surface area contributed by atoms with Crippen LogP contribution in [0.15, 0.2) is 47.5 Å². The van der Waals surface area contributed by atoms with E-state index >= 15 is 0 Å². The molecule has 1 unspecified atom stereocenters. The van der Waals surface area contributed by atoms with Gasteiger partial charge in [0.05, 0.1) is 12.5 Å². The van der Waals surface area contributed by atoms with Crippen molar-refractivity contribution in [3.63, 3.8) is 0 Å². The van der Waals surface area contributed by atoms with Crippen LogP contribution in [0.5, 0.6) is 0 Å². The number of rotatable bonds is 12. The number of hydrogen-bond acceptors (Lipinski definition) is 5. The zero-order chi connectivity index (χ0) is 32.9. The van der Waals surface area contributed by atoms with Crippen LogP contribution in [0.1, 0.15) is 107 Å². The summed E-state index contributed by atoms with van der Waals surface area (Å²) in [5.41, 5.74) is 3.07. The van der Waals surface area contributed by atoms with Crippen molar-refractivity contribution in [1.82, 2.24) is 15.1 Å². The van der Waals surface area contributed by atoms with E-state index < -0.39 is 11.6 Å². The Labute approximate surface area is 273 Å². The van der Waals surface area contributed by atoms with Crippen LogP contribution in [0.25, 0.3) is 0 Å². The zero-order valence-electron chi connectivity index (χ0n) is 27.7. The summed E-state index contributed by atoms with van der Waals surface area (Å²) in [5.74, 6) is -0.806. The molecular formula is C36H49ClN4O4. The van der Waals surface area contributed by atoms with E-state index in [9.17, 15) is 14.4 Å². The third-order valence-corrected chi connectivity index (χ3v) is 8.99. The molecule has 9 heteroatoms. The fourth-order valence-electron chi connectivity index (χ4n) is 6.44. The van der Waals surface area contributed by atoms with Crippen LogP contribution in [0.4, 0.5) is 0 Å². The van der Waals surface area contributed by atoms with Gasteiger partial charge in [0.2, 0.25) is 0 Å². The Kier molecular flexibility index (Phi) is 11.1. The number of aliphatic imine (C=N–C) groups is 1. The van der Waals surface area contributed by atoms with Crippen molar-refractivity contribution in [1.29, 1.82) is 0 Å². The molecular weight excluding hydrogens is 588 g/mol. The molecule has 4 rings (SSSR count). The maximum atomic E-state index is 14.7. The van der Waals surface area contributed by atoms with Crippen molar-refractivity contribution in [3.05, 3.63) is 69.7 Å². The van der Waals surface area contributed by atoms with Gasteiger partial charge in [-0.1, -0.05) is 65.3 Å². The molecule has 45 heavy (non-hydrogen) atoms. The summed E-state index contributed by atoms with van der Waals surface area (Å²) in [6.45, 7) is 16.0. The molecule has 0 radical (unpaired) electrons. The van der Waals surface area contributed by atoms with Crippen LogP contribution in [0, 0.1) is 11.3 Å². The largest absolute Gasteiger partial charge is 0.481 e. The first kappa shape index (κ1) is 34.6. The first-order valence-electron chi connectivity index (χ1n) is 16.3. The second-order valence-electron chi connectivity index (χ2n) is 14.2. The average Bonchev–Trinajstić information content (AvgIpc) is 3.24. The average molecular weight is 637 g/mol. The number of piperidine rings is 1. The van der Waals surface area contributed by atoms with Crippen molar-refractivity contribution in [2.75, 3.05) is 26.2 Å². The third-order valence-electron chi connectivity index (χ3n) is 8.77. The number of carboxylic acids is 1. The van der Waals surface area contributed by atoms with E-state index in [4.69, 9.17) is 21.7 Å². The molecule has 0 aliphatic carbocycles. The summed E-state index contributed by atoms with van der Waals surface area (Å²) in [6, 6.07) is 13.0. The molecule has 2 aliphatic heterocycles.